The van der Waals surface area contributed by atoms with Crippen LogP contribution in [0.4, 0.5) is 0 Å². The first-order valence-electron chi connectivity index (χ1n) is 14.9. The molecule has 8 unspecified atom stereocenters. The van der Waals surface area contributed by atoms with Crippen molar-refractivity contribution in [2.45, 2.75) is 55.1 Å². The van der Waals surface area contributed by atoms with Crippen LogP contribution in [0.5, 0.6) is 11.5 Å². The summed E-state index contributed by atoms with van der Waals surface area (Å²) < 4.78 is 27.6. The molecule has 3 aromatic rings. The van der Waals surface area contributed by atoms with Gasteiger partial charge in [-0.25, -0.2) is 14.4 Å². The monoisotopic (exact) mass is 680 g/mol. The lowest BCUT2D eigenvalue weighted by molar-refractivity contribution is -0.276. The molecule has 0 aromatic heterocycles. The summed E-state index contributed by atoms with van der Waals surface area (Å²) in [6.45, 7) is -1.33. The molecule has 15 heteroatoms. The van der Waals surface area contributed by atoms with E-state index < -0.39 is 85.4 Å². The molecule has 258 valence electrons. The Morgan fingerprint density at radius 2 is 1.45 bits per heavy atom. The highest BCUT2D eigenvalue weighted by molar-refractivity contribution is 6.01. The van der Waals surface area contributed by atoms with Crippen molar-refractivity contribution in [2.24, 2.45) is 0 Å². The van der Waals surface area contributed by atoms with E-state index >= 15 is 0 Å². The van der Waals surface area contributed by atoms with Crippen LogP contribution in [0, 0.1) is 0 Å². The third-order valence-corrected chi connectivity index (χ3v) is 7.83. The molecule has 49 heavy (non-hydrogen) atoms. The fourth-order valence-corrected chi connectivity index (χ4v) is 5.08. The standard InChI is InChI=1S/C34H32O15/c35-21-11-13-23(20(15-21)16-46-33(43)34(44)25(37)14-12-22(36)29(34)40)47-32-27(39)26(38)28(49-31(42)19-9-5-2-6-10-19)24(48-32)17-45-30(41)18-7-3-1-4-8-18/h1-15,24-29,32,35,37-40,44H,16-17H2. The van der Waals surface area contributed by atoms with E-state index in [1.165, 1.54) is 36.4 Å². The van der Waals surface area contributed by atoms with Crippen LogP contribution >= 0.6 is 0 Å². The number of rotatable bonds is 10. The van der Waals surface area contributed by atoms with E-state index in [0.29, 0.717) is 0 Å². The largest absolute Gasteiger partial charge is 0.508 e. The maximum Gasteiger partial charge on any atom is 0.344 e. The van der Waals surface area contributed by atoms with Gasteiger partial charge in [0.05, 0.1) is 11.1 Å². The molecule has 0 spiro atoms. The lowest BCUT2D eigenvalue weighted by Gasteiger charge is -2.41. The minimum Gasteiger partial charge on any atom is -0.508 e. The van der Waals surface area contributed by atoms with Crippen LogP contribution in [-0.2, 0) is 35.1 Å². The quantitative estimate of drug-likeness (QED) is 0.122. The van der Waals surface area contributed by atoms with E-state index in [9.17, 15) is 49.8 Å². The van der Waals surface area contributed by atoms with Crippen molar-refractivity contribution in [3.05, 3.63) is 108 Å². The van der Waals surface area contributed by atoms with Crippen LogP contribution < -0.4 is 4.74 Å². The minimum absolute atomic E-state index is 0.0893. The highest BCUT2D eigenvalue weighted by Crippen LogP contribution is 2.32. The van der Waals surface area contributed by atoms with E-state index in [4.69, 9.17) is 23.7 Å². The van der Waals surface area contributed by atoms with Gasteiger partial charge in [-0.2, -0.15) is 0 Å². The van der Waals surface area contributed by atoms with Gasteiger partial charge in [-0.1, -0.05) is 36.4 Å². The fourth-order valence-electron chi connectivity index (χ4n) is 5.08. The van der Waals surface area contributed by atoms with E-state index in [0.717, 1.165) is 18.2 Å². The van der Waals surface area contributed by atoms with Crippen LogP contribution in [0.25, 0.3) is 0 Å². The number of phenols is 1. The summed E-state index contributed by atoms with van der Waals surface area (Å²) >= 11 is 0. The third-order valence-electron chi connectivity index (χ3n) is 7.83. The highest BCUT2D eigenvalue weighted by atomic mass is 16.7. The normalized spacial score (nSPS) is 27.9. The molecule has 1 fully saturated rings. The third kappa shape index (κ3) is 7.62. The average Bonchev–Trinajstić information content (AvgIpc) is 3.11. The first-order chi connectivity index (χ1) is 23.4. The Labute approximate surface area is 278 Å². The van der Waals surface area contributed by atoms with Crippen molar-refractivity contribution in [3.8, 4) is 11.5 Å². The van der Waals surface area contributed by atoms with Crippen molar-refractivity contribution in [2.75, 3.05) is 6.61 Å². The predicted molar refractivity (Wildman–Crippen MR) is 163 cm³/mol. The first-order valence-corrected chi connectivity index (χ1v) is 14.9. The molecule has 6 N–H and O–H groups in total. The summed E-state index contributed by atoms with van der Waals surface area (Å²) in [4.78, 5) is 50.2. The Bertz CT molecular complexity index is 1690. The van der Waals surface area contributed by atoms with E-state index in [-0.39, 0.29) is 28.2 Å². The summed E-state index contributed by atoms with van der Waals surface area (Å²) in [6.07, 6.45) is -11.1. The smallest absolute Gasteiger partial charge is 0.344 e. The summed E-state index contributed by atoms with van der Waals surface area (Å²) in [5.41, 5.74) is -2.79. The topological polar surface area (TPSA) is 236 Å². The first kappa shape index (κ1) is 35.2. The van der Waals surface area contributed by atoms with E-state index in [1.807, 2.05) is 0 Å². The Morgan fingerprint density at radius 3 is 2.10 bits per heavy atom. The number of hydrogen-bond donors (Lipinski definition) is 6. The van der Waals surface area contributed by atoms with Crippen LogP contribution in [0.15, 0.2) is 91.0 Å². The van der Waals surface area contributed by atoms with Gasteiger partial charge in [-0.05, 0) is 54.6 Å². The second-order valence-electron chi connectivity index (χ2n) is 11.1. The van der Waals surface area contributed by atoms with Gasteiger partial charge in [-0.3, -0.25) is 4.79 Å². The lowest BCUT2D eigenvalue weighted by atomic mass is 9.83. The molecule has 1 aliphatic carbocycles. The zero-order valence-corrected chi connectivity index (χ0v) is 25.5. The van der Waals surface area contributed by atoms with Gasteiger partial charge in [0.15, 0.2) is 18.0 Å². The number of benzene rings is 3. The molecule has 1 heterocycles. The van der Waals surface area contributed by atoms with Crippen molar-refractivity contribution >= 4 is 23.7 Å². The van der Waals surface area contributed by atoms with Crippen LogP contribution in [0.3, 0.4) is 0 Å². The number of esters is 3. The molecule has 0 bridgehead atoms. The number of aliphatic hydroxyl groups excluding tert-OH is 4. The molecule has 0 saturated carbocycles. The highest BCUT2D eigenvalue weighted by Gasteiger charge is 2.55. The molecule has 2 aliphatic rings. The zero-order valence-electron chi connectivity index (χ0n) is 25.5. The SMILES string of the molecule is O=C(OCC1OC(Oc2ccc(O)cc2COC(=O)C2(O)C(O)C=CC(=O)C2O)C(O)C(O)C1OC(=O)c1ccccc1)c1ccccc1. The van der Waals surface area contributed by atoms with E-state index in [2.05, 4.69) is 0 Å². The maximum atomic E-state index is 12.9. The predicted octanol–water partition coefficient (Wildman–Crippen LogP) is -0.0647. The summed E-state index contributed by atoms with van der Waals surface area (Å²) in [6, 6.07) is 19.2. The van der Waals surface area contributed by atoms with Crippen molar-refractivity contribution in [1.29, 1.82) is 0 Å². The van der Waals surface area contributed by atoms with Crippen molar-refractivity contribution in [1.82, 2.24) is 0 Å². The van der Waals surface area contributed by atoms with Gasteiger partial charge in [0.25, 0.3) is 0 Å². The molecular formula is C34H32O15. The van der Waals surface area contributed by atoms with Gasteiger partial charge in [-0.15, -0.1) is 0 Å². The average molecular weight is 681 g/mol. The summed E-state index contributed by atoms with van der Waals surface area (Å²) in [5, 5.41) is 63.1. The number of hydrogen-bond acceptors (Lipinski definition) is 15. The van der Waals surface area contributed by atoms with Crippen LogP contribution in [-0.4, -0.2) is 109 Å². The zero-order chi connectivity index (χ0) is 35.3. The summed E-state index contributed by atoms with van der Waals surface area (Å²) in [5.74, 6) is -4.78. The molecular weight excluding hydrogens is 648 g/mol. The van der Waals surface area contributed by atoms with Gasteiger partial charge < -0.3 is 54.3 Å². The van der Waals surface area contributed by atoms with Gasteiger partial charge >= 0.3 is 17.9 Å². The number of ether oxygens (including phenoxy) is 5. The van der Waals surface area contributed by atoms with Gasteiger partial charge in [0.2, 0.25) is 11.9 Å². The molecule has 1 saturated heterocycles. The van der Waals surface area contributed by atoms with Gasteiger partial charge in [0.1, 0.15) is 49.1 Å². The Balaban J connectivity index is 1.35. The number of carbonyl (C=O) groups excluding carboxylic acids is 4. The second kappa shape index (κ2) is 14.9. The molecule has 15 nitrogen and oxygen atoms in total. The number of ketones is 1. The minimum atomic E-state index is -3.03. The fraction of sp³-hybridized carbons (Fsp3) is 0.294. The van der Waals surface area contributed by atoms with Crippen LogP contribution in [0.1, 0.15) is 26.3 Å². The molecule has 1 aliphatic heterocycles. The number of carbonyl (C=O) groups is 4. The lowest BCUT2D eigenvalue weighted by Crippen LogP contribution is -2.62. The molecule has 3 aromatic carbocycles. The summed E-state index contributed by atoms with van der Waals surface area (Å²) in [7, 11) is 0. The molecule has 5 rings (SSSR count). The van der Waals surface area contributed by atoms with Gasteiger partial charge in [0, 0.05) is 5.56 Å². The number of aromatic hydroxyl groups is 1. The Hall–Kier alpha value is -5.16. The van der Waals surface area contributed by atoms with Crippen molar-refractivity contribution in [3.63, 3.8) is 0 Å². The second-order valence-corrected chi connectivity index (χ2v) is 11.1. The Kier molecular flexibility index (Phi) is 10.7. The number of aliphatic hydroxyl groups is 5. The molecule has 0 amide bonds. The Morgan fingerprint density at radius 1 is 0.816 bits per heavy atom. The van der Waals surface area contributed by atoms with E-state index in [1.54, 1.807) is 36.4 Å². The van der Waals surface area contributed by atoms with Crippen LogP contribution in [0.2, 0.25) is 0 Å². The molecule has 8 atom stereocenters. The van der Waals surface area contributed by atoms with Crippen molar-refractivity contribution < 1.29 is 73.5 Å². The molecule has 0 radical (unpaired) electrons. The number of phenolic OH excluding ortho intramolecular Hbond substituents is 1. The maximum absolute atomic E-state index is 12.9.